The van der Waals surface area contributed by atoms with Gasteiger partial charge in [0.15, 0.2) is 0 Å². The van der Waals surface area contributed by atoms with E-state index in [1.165, 1.54) is 12.1 Å². The Morgan fingerprint density at radius 1 is 1.14 bits per heavy atom. The lowest BCUT2D eigenvalue weighted by Gasteiger charge is -2.21. The molecule has 112 valence electrons. The highest BCUT2D eigenvalue weighted by molar-refractivity contribution is 14.1. The number of rotatable bonds is 3. The maximum Gasteiger partial charge on any atom is 0.416 e. The minimum absolute atomic E-state index is 0.0600. The highest BCUT2D eigenvalue weighted by Crippen LogP contribution is 2.36. The summed E-state index contributed by atoms with van der Waals surface area (Å²) in [5.41, 5.74) is 2.34. The number of hydrogen-bond donors (Lipinski definition) is 2. The SMILES string of the molecule is NNC(c1ccc(I)c(Cl)c1)c1ccccc1C(F)(F)F. The van der Waals surface area contributed by atoms with Gasteiger partial charge in [0.2, 0.25) is 0 Å². The van der Waals surface area contributed by atoms with E-state index in [2.05, 4.69) is 5.43 Å². The van der Waals surface area contributed by atoms with Gasteiger partial charge in [0.25, 0.3) is 0 Å². The molecule has 0 saturated carbocycles. The number of benzene rings is 2. The molecule has 0 heterocycles. The lowest BCUT2D eigenvalue weighted by atomic mass is 9.94. The summed E-state index contributed by atoms with van der Waals surface area (Å²) < 4.78 is 40.1. The number of halogens is 5. The van der Waals surface area contributed by atoms with Crippen molar-refractivity contribution in [1.29, 1.82) is 0 Å². The molecule has 0 fully saturated rings. The Hall–Kier alpha value is -0.830. The lowest BCUT2D eigenvalue weighted by molar-refractivity contribution is -0.138. The molecule has 2 aromatic rings. The molecular weight excluding hydrogens is 416 g/mol. The summed E-state index contributed by atoms with van der Waals surface area (Å²) in [7, 11) is 0. The quantitative estimate of drug-likeness (QED) is 0.430. The first-order chi connectivity index (χ1) is 9.84. The molecule has 1 unspecified atom stereocenters. The summed E-state index contributed by atoms with van der Waals surface area (Å²) in [6, 6.07) is 9.58. The summed E-state index contributed by atoms with van der Waals surface area (Å²) in [6.07, 6.45) is -4.45. The first-order valence-electron chi connectivity index (χ1n) is 5.91. The summed E-state index contributed by atoms with van der Waals surface area (Å²) in [5.74, 6) is 5.47. The third kappa shape index (κ3) is 3.68. The van der Waals surface area contributed by atoms with Gasteiger partial charge in [0, 0.05) is 3.57 Å². The second kappa shape index (κ2) is 6.51. The van der Waals surface area contributed by atoms with E-state index >= 15 is 0 Å². The van der Waals surface area contributed by atoms with Crippen LogP contribution >= 0.6 is 34.2 Å². The molecule has 21 heavy (non-hydrogen) atoms. The van der Waals surface area contributed by atoms with E-state index in [9.17, 15) is 13.2 Å². The third-order valence-electron chi connectivity index (χ3n) is 3.02. The van der Waals surface area contributed by atoms with Crippen LogP contribution in [0, 0.1) is 3.57 Å². The Morgan fingerprint density at radius 2 is 1.81 bits per heavy atom. The Kier molecular flexibility index (Phi) is 5.13. The molecule has 7 heteroatoms. The van der Waals surface area contributed by atoms with Gasteiger partial charge in [-0.1, -0.05) is 35.9 Å². The molecule has 0 aliphatic carbocycles. The Bertz CT molecular complexity index is 646. The molecular formula is C14H11ClF3IN2. The molecule has 0 bridgehead atoms. The molecule has 2 aromatic carbocycles. The molecule has 0 amide bonds. The standard InChI is InChI=1S/C14H11ClF3IN2/c15-11-7-8(5-6-12(11)19)13(21-20)9-3-1-2-4-10(9)14(16,17)18/h1-7,13,21H,20H2. The first-order valence-corrected chi connectivity index (χ1v) is 7.37. The van der Waals surface area contributed by atoms with E-state index < -0.39 is 17.8 Å². The fourth-order valence-corrected chi connectivity index (χ4v) is 2.59. The Balaban J connectivity index is 2.54. The van der Waals surface area contributed by atoms with Crippen molar-refractivity contribution in [1.82, 2.24) is 5.43 Å². The van der Waals surface area contributed by atoms with E-state index in [0.29, 0.717) is 10.6 Å². The van der Waals surface area contributed by atoms with Crippen molar-refractivity contribution in [3.63, 3.8) is 0 Å². The van der Waals surface area contributed by atoms with Crippen LogP contribution < -0.4 is 11.3 Å². The largest absolute Gasteiger partial charge is 0.416 e. The topological polar surface area (TPSA) is 38.0 Å². The van der Waals surface area contributed by atoms with Crippen LogP contribution in [-0.4, -0.2) is 0 Å². The van der Waals surface area contributed by atoms with Gasteiger partial charge in [-0.2, -0.15) is 13.2 Å². The van der Waals surface area contributed by atoms with E-state index in [-0.39, 0.29) is 5.56 Å². The van der Waals surface area contributed by atoms with E-state index in [1.54, 1.807) is 24.3 Å². The molecule has 0 saturated heterocycles. The van der Waals surface area contributed by atoms with Gasteiger partial charge in [-0.25, -0.2) is 5.43 Å². The van der Waals surface area contributed by atoms with Crippen molar-refractivity contribution in [2.75, 3.05) is 0 Å². The highest BCUT2D eigenvalue weighted by atomic mass is 127. The van der Waals surface area contributed by atoms with Gasteiger partial charge in [-0.05, 0) is 51.9 Å². The van der Waals surface area contributed by atoms with Crippen LogP contribution in [0.2, 0.25) is 5.02 Å². The van der Waals surface area contributed by atoms with Gasteiger partial charge in [-0.3, -0.25) is 5.84 Å². The summed E-state index contributed by atoms with van der Waals surface area (Å²) >= 11 is 8.08. The smallest absolute Gasteiger partial charge is 0.271 e. The number of nitrogens with one attached hydrogen (secondary N) is 1. The molecule has 0 radical (unpaired) electrons. The fourth-order valence-electron chi connectivity index (χ4n) is 2.06. The molecule has 2 rings (SSSR count). The lowest BCUT2D eigenvalue weighted by Crippen LogP contribution is -2.30. The van der Waals surface area contributed by atoms with Crippen LogP contribution in [-0.2, 0) is 6.18 Å². The highest BCUT2D eigenvalue weighted by Gasteiger charge is 2.35. The van der Waals surface area contributed by atoms with Crippen molar-refractivity contribution in [2.24, 2.45) is 5.84 Å². The van der Waals surface area contributed by atoms with Crippen LogP contribution in [0.15, 0.2) is 42.5 Å². The van der Waals surface area contributed by atoms with Crippen molar-refractivity contribution in [2.45, 2.75) is 12.2 Å². The van der Waals surface area contributed by atoms with Gasteiger partial charge >= 0.3 is 6.18 Å². The van der Waals surface area contributed by atoms with Crippen molar-refractivity contribution in [3.05, 3.63) is 67.7 Å². The van der Waals surface area contributed by atoms with Gasteiger partial charge in [0.1, 0.15) is 0 Å². The minimum atomic E-state index is -4.45. The number of nitrogens with two attached hydrogens (primary N) is 1. The normalized spacial score (nSPS) is 13.2. The van der Waals surface area contributed by atoms with Crippen LogP contribution in [0.1, 0.15) is 22.7 Å². The van der Waals surface area contributed by atoms with Crippen LogP contribution in [0.5, 0.6) is 0 Å². The number of hydrogen-bond acceptors (Lipinski definition) is 2. The zero-order chi connectivity index (χ0) is 15.6. The average Bonchev–Trinajstić information content (AvgIpc) is 2.43. The average molecular weight is 427 g/mol. The van der Waals surface area contributed by atoms with Crippen LogP contribution in [0.3, 0.4) is 0 Å². The monoisotopic (exact) mass is 426 g/mol. The second-order valence-corrected chi connectivity index (χ2v) is 5.93. The van der Waals surface area contributed by atoms with Crippen LogP contribution in [0.25, 0.3) is 0 Å². The van der Waals surface area contributed by atoms with Crippen molar-refractivity contribution < 1.29 is 13.2 Å². The number of alkyl halides is 3. The minimum Gasteiger partial charge on any atom is -0.271 e. The summed E-state index contributed by atoms with van der Waals surface area (Å²) in [6.45, 7) is 0. The summed E-state index contributed by atoms with van der Waals surface area (Å²) in [4.78, 5) is 0. The van der Waals surface area contributed by atoms with E-state index in [0.717, 1.165) is 9.64 Å². The maximum absolute atomic E-state index is 13.1. The molecule has 0 aliphatic rings. The Labute approximate surface area is 138 Å². The van der Waals surface area contributed by atoms with Gasteiger partial charge in [-0.15, -0.1) is 0 Å². The summed E-state index contributed by atoms with van der Waals surface area (Å²) in [5, 5.41) is 0.470. The van der Waals surface area contributed by atoms with Crippen molar-refractivity contribution in [3.8, 4) is 0 Å². The molecule has 0 aromatic heterocycles. The predicted molar refractivity (Wildman–Crippen MR) is 84.8 cm³/mol. The molecule has 0 aliphatic heterocycles. The van der Waals surface area contributed by atoms with Crippen molar-refractivity contribution >= 4 is 34.2 Å². The third-order valence-corrected chi connectivity index (χ3v) is 4.59. The molecule has 0 spiro atoms. The van der Waals surface area contributed by atoms with E-state index in [4.69, 9.17) is 17.4 Å². The maximum atomic E-state index is 13.1. The zero-order valence-corrected chi connectivity index (χ0v) is 13.5. The molecule has 2 nitrogen and oxygen atoms in total. The second-order valence-electron chi connectivity index (χ2n) is 4.36. The number of hydrazine groups is 1. The Morgan fingerprint density at radius 3 is 2.38 bits per heavy atom. The molecule has 1 atom stereocenters. The first kappa shape index (κ1) is 16.5. The van der Waals surface area contributed by atoms with Crippen LogP contribution in [0.4, 0.5) is 13.2 Å². The van der Waals surface area contributed by atoms with Gasteiger partial charge in [0.05, 0.1) is 16.6 Å². The molecule has 3 N–H and O–H groups in total. The fraction of sp³-hybridized carbons (Fsp3) is 0.143. The van der Waals surface area contributed by atoms with Gasteiger partial charge < -0.3 is 0 Å². The van der Waals surface area contributed by atoms with E-state index in [1.807, 2.05) is 22.6 Å². The zero-order valence-electron chi connectivity index (χ0n) is 10.6. The predicted octanol–water partition coefficient (Wildman–Crippen LogP) is 4.52.